The van der Waals surface area contributed by atoms with Gasteiger partial charge in [-0.1, -0.05) is 60.7 Å². The Kier molecular flexibility index (Phi) is 5.86. The molecule has 1 amide bonds. The van der Waals surface area contributed by atoms with Gasteiger partial charge in [-0.15, -0.1) is 0 Å². The fourth-order valence-electron chi connectivity index (χ4n) is 4.38. The number of rotatable bonds is 6. The third kappa shape index (κ3) is 4.17. The lowest BCUT2D eigenvalue weighted by molar-refractivity contribution is -0.139. The van der Waals surface area contributed by atoms with Gasteiger partial charge in [0.2, 0.25) is 0 Å². The summed E-state index contributed by atoms with van der Waals surface area (Å²) >= 11 is 0. The molecule has 3 aromatic carbocycles. The van der Waals surface area contributed by atoms with Crippen LogP contribution in [0.25, 0.3) is 11.1 Å². The number of carboxylic acid groups (broad SMARTS) is 1. The first-order chi connectivity index (χ1) is 15.3. The van der Waals surface area contributed by atoms with Gasteiger partial charge in [-0.05, 0) is 52.8 Å². The first-order valence-corrected chi connectivity index (χ1v) is 10.5. The van der Waals surface area contributed by atoms with E-state index in [4.69, 9.17) is 4.74 Å². The molecular formula is C26H25NO5. The summed E-state index contributed by atoms with van der Waals surface area (Å²) in [5.41, 5.74) is 6.45. The average Bonchev–Trinajstić information content (AvgIpc) is 3.09. The van der Waals surface area contributed by atoms with Crippen LogP contribution in [-0.4, -0.2) is 34.9 Å². The standard InChI is InChI=1S/C26H25NO5/c1-15-11-17(12-16(2)24(15)28)13-23(25(29)30)27-26(31)32-14-22-20-9-5-3-7-18(20)19-8-4-6-10-21(19)22/h3-12,22-23,28H,13-14H2,1-2H3,(H,27,31)(H,29,30)/t23-/m1/s1. The number of hydrogen-bond acceptors (Lipinski definition) is 4. The highest BCUT2D eigenvalue weighted by atomic mass is 16.5. The highest BCUT2D eigenvalue weighted by molar-refractivity contribution is 5.81. The number of ether oxygens (including phenoxy) is 1. The minimum atomic E-state index is -1.15. The van der Waals surface area contributed by atoms with Crippen molar-refractivity contribution in [2.24, 2.45) is 0 Å². The van der Waals surface area contributed by atoms with Crippen LogP contribution in [0.4, 0.5) is 4.79 Å². The minimum Gasteiger partial charge on any atom is -0.507 e. The first kappa shape index (κ1) is 21.4. The molecule has 6 nitrogen and oxygen atoms in total. The van der Waals surface area contributed by atoms with E-state index < -0.39 is 18.1 Å². The third-order valence-electron chi connectivity index (χ3n) is 5.92. The second kappa shape index (κ2) is 8.75. The van der Waals surface area contributed by atoms with Gasteiger partial charge in [0.25, 0.3) is 0 Å². The molecule has 0 fully saturated rings. The Labute approximate surface area is 186 Å². The average molecular weight is 431 g/mol. The molecule has 0 spiro atoms. The molecule has 0 bridgehead atoms. The number of phenolic OH excluding ortho intramolecular Hbond substituents is 1. The molecule has 0 heterocycles. The van der Waals surface area contributed by atoms with Gasteiger partial charge in [0, 0.05) is 12.3 Å². The summed E-state index contributed by atoms with van der Waals surface area (Å²) in [5.74, 6) is -1.06. The lowest BCUT2D eigenvalue weighted by atomic mass is 9.98. The van der Waals surface area contributed by atoms with Crippen LogP contribution in [0.5, 0.6) is 5.75 Å². The van der Waals surface area contributed by atoms with E-state index in [0.717, 1.165) is 22.3 Å². The van der Waals surface area contributed by atoms with E-state index in [0.29, 0.717) is 16.7 Å². The molecule has 0 saturated carbocycles. The SMILES string of the molecule is Cc1cc(C[C@@H](NC(=O)OCC2c3ccccc3-c3ccccc32)C(=O)O)cc(C)c1O. The van der Waals surface area contributed by atoms with Gasteiger partial charge in [0.1, 0.15) is 18.4 Å². The van der Waals surface area contributed by atoms with E-state index in [1.807, 2.05) is 36.4 Å². The van der Waals surface area contributed by atoms with Gasteiger partial charge in [-0.25, -0.2) is 9.59 Å². The zero-order valence-electron chi connectivity index (χ0n) is 18.0. The number of amides is 1. The highest BCUT2D eigenvalue weighted by Gasteiger charge is 2.29. The number of alkyl carbamates (subject to hydrolysis) is 1. The molecule has 0 unspecified atom stereocenters. The number of aryl methyl sites for hydroxylation is 2. The van der Waals surface area contributed by atoms with Crippen LogP contribution >= 0.6 is 0 Å². The maximum atomic E-state index is 12.5. The molecule has 0 aromatic heterocycles. The molecule has 0 radical (unpaired) electrons. The zero-order chi connectivity index (χ0) is 22.8. The maximum absolute atomic E-state index is 12.5. The molecule has 3 aromatic rings. The largest absolute Gasteiger partial charge is 0.507 e. The number of phenols is 1. The molecule has 6 heteroatoms. The Balaban J connectivity index is 1.44. The monoisotopic (exact) mass is 431 g/mol. The van der Waals surface area contributed by atoms with Crippen molar-refractivity contribution in [2.45, 2.75) is 32.2 Å². The molecule has 1 aliphatic carbocycles. The summed E-state index contributed by atoms with van der Waals surface area (Å²) in [7, 11) is 0. The second-order valence-electron chi connectivity index (χ2n) is 8.14. The smallest absolute Gasteiger partial charge is 0.407 e. The molecule has 3 N–H and O–H groups in total. The van der Waals surface area contributed by atoms with Crippen LogP contribution in [0, 0.1) is 13.8 Å². The minimum absolute atomic E-state index is 0.0848. The normalized spacial score (nSPS) is 13.2. The number of hydrogen-bond donors (Lipinski definition) is 3. The molecule has 1 atom stereocenters. The molecule has 164 valence electrons. The summed E-state index contributed by atoms with van der Waals surface area (Å²) in [6.07, 6.45) is -0.687. The van der Waals surface area contributed by atoms with Gasteiger partial charge < -0.3 is 20.3 Å². The number of carboxylic acids is 1. The van der Waals surface area contributed by atoms with Crippen molar-refractivity contribution in [2.75, 3.05) is 6.61 Å². The van der Waals surface area contributed by atoms with Crippen molar-refractivity contribution in [3.63, 3.8) is 0 Å². The van der Waals surface area contributed by atoms with Crippen molar-refractivity contribution in [3.8, 4) is 16.9 Å². The molecule has 0 aliphatic heterocycles. The second-order valence-corrected chi connectivity index (χ2v) is 8.14. The van der Waals surface area contributed by atoms with Crippen LogP contribution in [-0.2, 0) is 16.0 Å². The van der Waals surface area contributed by atoms with Crippen LogP contribution in [0.1, 0.15) is 33.7 Å². The van der Waals surface area contributed by atoms with Gasteiger partial charge in [0.05, 0.1) is 0 Å². The van der Waals surface area contributed by atoms with E-state index in [-0.39, 0.29) is 24.7 Å². The molecule has 4 rings (SSSR count). The number of fused-ring (bicyclic) bond motifs is 3. The maximum Gasteiger partial charge on any atom is 0.407 e. The number of benzene rings is 3. The number of aromatic hydroxyl groups is 1. The van der Waals surface area contributed by atoms with Crippen molar-refractivity contribution in [1.82, 2.24) is 5.32 Å². The van der Waals surface area contributed by atoms with E-state index >= 15 is 0 Å². The fourth-order valence-corrected chi connectivity index (χ4v) is 4.38. The predicted molar refractivity (Wildman–Crippen MR) is 121 cm³/mol. The summed E-state index contributed by atoms with van der Waals surface area (Å²) in [6.45, 7) is 3.62. The number of carbonyl (C=O) groups excluding carboxylic acids is 1. The van der Waals surface area contributed by atoms with Crippen LogP contribution in [0.2, 0.25) is 0 Å². The Morgan fingerprint density at radius 3 is 2.03 bits per heavy atom. The molecular weight excluding hydrogens is 406 g/mol. The van der Waals surface area contributed by atoms with Crippen LogP contribution in [0.15, 0.2) is 60.7 Å². The lowest BCUT2D eigenvalue weighted by Gasteiger charge is -2.18. The summed E-state index contributed by atoms with van der Waals surface area (Å²) in [4.78, 5) is 24.2. The van der Waals surface area contributed by atoms with Gasteiger partial charge in [0.15, 0.2) is 0 Å². The number of nitrogens with one attached hydrogen (secondary N) is 1. The Hall–Kier alpha value is -3.80. The van der Waals surface area contributed by atoms with Gasteiger partial charge in [-0.2, -0.15) is 0 Å². The summed E-state index contributed by atoms with van der Waals surface area (Å²) in [6, 6.07) is 18.3. The Morgan fingerprint density at radius 2 is 1.50 bits per heavy atom. The lowest BCUT2D eigenvalue weighted by Crippen LogP contribution is -2.43. The quantitative estimate of drug-likeness (QED) is 0.532. The predicted octanol–water partition coefficient (Wildman–Crippen LogP) is 4.54. The van der Waals surface area contributed by atoms with E-state index in [1.165, 1.54) is 0 Å². The van der Waals surface area contributed by atoms with Gasteiger partial charge in [-0.3, -0.25) is 0 Å². The highest BCUT2D eigenvalue weighted by Crippen LogP contribution is 2.44. The number of carbonyl (C=O) groups is 2. The molecule has 1 aliphatic rings. The van der Waals surface area contributed by atoms with E-state index in [2.05, 4.69) is 17.4 Å². The van der Waals surface area contributed by atoms with Crippen LogP contribution < -0.4 is 5.32 Å². The molecule has 32 heavy (non-hydrogen) atoms. The first-order valence-electron chi connectivity index (χ1n) is 10.5. The fraction of sp³-hybridized carbons (Fsp3) is 0.231. The molecule has 0 saturated heterocycles. The van der Waals surface area contributed by atoms with Crippen molar-refractivity contribution < 1.29 is 24.5 Å². The topological polar surface area (TPSA) is 95.9 Å². The van der Waals surface area contributed by atoms with Crippen LogP contribution in [0.3, 0.4) is 0 Å². The zero-order valence-corrected chi connectivity index (χ0v) is 18.0. The van der Waals surface area contributed by atoms with Gasteiger partial charge >= 0.3 is 12.1 Å². The van der Waals surface area contributed by atoms with Crippen molar-refractivity contribution in [1.29, 1.82) is 0 Å². The van der Waals surface area contributed by atoms with E-state index in [1.54, 1.807) is 26.0 Å². The summed E-state index contributed by atoms with van der Waals surface area (Å²) in [5, 5.41) is 22.0. The third-order valence-corrected chi connectivity index (χ3v) is 5.92. The Bertz CT molecular complexity index is 1120. The van der Waals surface area contributed by atoms with E-state index in [9.17, 15) is 19.8 Å². The number of aliphatic carboxylic acids is 1. The Morgan fingerprint density at radius 1 is 0.969 bits per heavy atom. The van der Waals surface area contributed by atoms with Crippen molar-refractivity contribution in [3.05, 3.63) is 88.5 Å². The van der Waals surface area contributed by atoms with Crippen molar-refractivity contribution >= 4 is 12.1 Å². The summed E-state index contributed by atoms with van der Waals surface area (Å²) < 4.78 is 5.47.